The van der Waals surface area contributed by atoms with Crippen molar-refractivity contribution in [2.75, 3.05) is 62.2 Å². The first-order valence-electron chi connectivity index (χ1n) is 13.7. The molecule has 1 N–H and O–H groups in total. The van der Waals surface area contributed by atoms with Gasteiger partial charge in [-0.2, -0.15) is 0 Å². The molecule has 2 saturated heterocycles. The van der Waals surface area contributed by atoms with E-state index in [0.29, 0.717) is 38.7 Å². The van der Waals surface area contributed by atoms with E-state index in [1.165, 1.54) is 22.4 Å². The van der Waals surface area contributed by atoms with Gasteiger partial charge in [-0.1, -0.05) is 31.2 Å². The lowest BCUT2D eigenvalue weighted by Crippen LogP contribution is -2.49. The second-order valence-electron chi connectivity index (χ2n) is 10.4. The monoisotopic (exact) mass is 514 g/mol. The van der Waals surface area contributed by atoms with E-state index < -0.39 is 0 Å². The van der Waals surface area contributed by atoms with Crippen LogP contribution in [0.2, 0.25) is 0 Å². The van der Waals surface area contributed by atoms with E-state index in [2.05, 4.69) is 58.7 Å². The fourth-order valence-electron chi connectivity index (χ4n) is 5.35. The smallest absolute Gasteiger partial charge is 0.253 e. The van der Waals surface area contributed by atoms with Crippen molar-refractivity contribution < 1.29 is 4.79 Å². The highest BCUT2D eigenvalue weighted by Crippen LogP contribution is 2.23. The first-order chi connectivity index (χ1) is 18.4. The molecule has 8 nitrogen and oxygen atoms in total. The van der Waals surface area contributed by atoms with Gasteiger partial charge in [-0.05, 0) is 55.2 Å². The molecule has 5 rings (SSSR count). The van der Waals surface area contributed by atoms with Crippen molar-refractivity contribution in [3.63, 3.8) is 0 Å². The van der Waals surface area contributed by atoms with Gasteiger partial charge in [0.2, 0.25) is 5.95 Å². The van der Waals surface area contributed by atoms with Gasteiger partial charge in [-0.3, -0.25) is 19.5 Å². The van der Waals surface area contributed by atoms with Gasteiger partial charge in [0.25, 0.3) is 11.5 Å². The molecular weight excluding hydrogens is 476 g/mol. The molecule has 2 aromatic carbocycles. The van der Waals surface area contributed by atoms with E-state index in [1.807, 2.05) is 29.2 Å². The number of hydrogen-bond donors (Lipinski definition) is 1. The lowest BCUT2D eigenvalue weighted by molar-refractivity contribution is 0.0746. The number of rotatable bonds is 6. The van der Waals surface area contributed by atoms with Gasteiger partial charge < -0.3 is 14.7 Å². The Morgan fingerprint density at radius 2 is 1.55 bits per heavy atom. The van der Waals surface area contributed by atoms with Crippen molar-refractivity contribution in [3.8, 4) is 0 Å². The average molecular weight is 515 g/mol. The third-order valence-corrected chi connectivity index (χ3v) is 7.72. The largest absolute Gasteiger partial charge is 0.369 e. The molecule has 0 atom stereocenters. The summed E-state index contributed by atoms with van der Waals surface area (Å²) < 4.78 is 0. The highest BCUT2D eigenvalue weighted by atomic mass is 16.2. The van der Waals surface area contributed by atoms with Gasteiger partial charge in [-0.15, -0.1) is 0 Å². The number of carbonyl (C=O) groups excluding carboxylic acids is 1. The minimum absolute atomic E-state index is 0.0579. The van der Waals surface area contributed by atoms with E-state index in [0.717, 1.165) is 43.9 Å². The van der Waals surface area contributed by atoms with Gasteiger partial charge in [0, 0.05) is 76.2 Å². The second-order valence-corrected chi connectivity index (χ2v) is 10.4. The van der Waals surface area contributed by atoms with E-state index in [9.17, 15) is 9.59 Å². The molecule has 1 amide bonds. The molecule has 8 heteroatoms. The molecule has 3 heterocycles. The second kappa shape index (κ2) is 11.4. The molecule has 0 spiro atoms. The van der Waals surface area contributed by atoms with Crippen LogP contribution in [0.3, 0.4) is 0 Å². The number of benzene rings is 2. The van der Waals surface area contributed by atoms with Crippen LogP contribution < -0.4 is 15.4 Å². The van der Waals surface area contributed by atoms with Crippen LogP contribution in [0.25, 0.3) is 0 Å². The minimum atomic E-state index is -0.131. The third kappa shape index (κ3) is 5.91. The maximum absolute atomic E-state index is 12.9. The Hall–Kier alpha value is -3.65. The van der Waals surface area contributed by atoms with Crippen LogP contribution >= 0.6 is 0 Å². The number of nitrogens with zero attached hydrogens (tertiary/aromatic N) is 5. The Labute approximate surface area is 224 Å². The van der Waals surface area contributed by atoms with Crippen molar-refractivity contribution in [3.05, 3.63) is 86.8 Å². The van der Waals surface area contributed by atoms with Crippen LogP contribution in [0.15, 0.2) is 53.3 Å². The summed E-state index contributed by atoms with van der Waals surface area (Å²) in [4.78, 5) is 42.0. The van der Waals surface area contributed by atoms with E-state index in [-0.39, 0.29) is 11.5 Å². The summed E-state index contributed by atoms with van der Waals surface area (Å²) in [6.07, 6.45) is 0.959. The Kier molecular flexibility index (Phi) is 7.79. The Morgan fingerprint density at radius 1 is 0.868 bits per heavy atom. The number of anilines is 2. The summed E-state index contributed by atoms with van der Waals surface area (Å²) in [6.45, 7) is 13.3. The molecule has 0 bridgehead atoms. The van der Waals surface area contributed by atoms with E-state index in [4.69, 9.17) is 4.98 Å². The molecule has 200 valence electrons. The van der Waals surface area contributed by atoms with Gasteiger partial charge in [-0.25, -0.2) is 4.98 Å². The highest BCUT2D eigenvalue weighted by molar-refractivity contribution is 5.94. The standard InChI is InChI=1S/C30H38N6O2/c1-4-24-7-9-25(10-8-24)29(38)35-15-17-36(18-16-35)30-31-26(20-28(37)32-30)21-33-11-13-34(14-12-33)27-19-22(2)5-6-23(27)3/h5-10,19-20H,4,11-18,21H2,1-3H3,(H,31,32,37). The van der Waals surface area contributed by atoms with Crippen LogP contribution in [0.4, 0.5) is 11.6 Å². The van der Waals surface area contributed by atoms with Crippen LogP contribution in [0, 0.1) is 13.8 Å². The van der Waals surface area contributed by atoms with Crippen LogP contribution in [0.5, 0.6) is 0 Å². The lowest BCUT2D eigenvalue weighted by Gasteiger charge is -2.37. The zero-order valence-corrected chi connectivity index (χ0v) is 22.7. The number of piperazine rings is 2. The Bertz CT molecular complexity index is 1320. The van der Waals surface area contributed by atoms with Gasteiger partial charge in [0.1, 0.15) is 0 Å². The molecule has 1 aromatic heterocycles. The summed E-state index contributed by atoms with van der Waals surface area (Å²) in [5, 5.41) is 0. The molecule has 0 radical (unpaired) electrons. The number of amides is 1. The van der Waals surface area contributed by atoms with Gasteiger partial charge >= 0.3 is 0 Å². The van der Waals surface area contributed by atoms with Crippen LogP contribution in [-0.2, 0) is 13.0 Å². The van der Waals surface area contributed by atoms with Crippen molar-refractivity contribution in [1.29, 1.82) is 0 Å². The molecular formula is C30H38N6O2. The van der Waals surface area contributed by atoms with E-state index in [1.54, 1.807) is 6.07 Å². The van der Waals surface area contributed by atoms with Crippen molar-refractivity contribution in [2.45, 2.75) is 33.7 Å². The van der Waals surface area contributed by atoms with Crippen molar-refractivity contribution >= 4 is 17.5 Å². The number of aromatic amines is 1. The average Bonchev–Trinajstić information content (AvgIpc) is 2.94. The van der Waals surface area contributed by atoms with Crippen LogP contribution in [-0.4, -0.2) is 78.0 Å². The zero-order chi connectivity index (χ0) is 26.6. The summed E-state index contributed by atoms with van der Waals surface area (Å²) in [5.41, 5.74) is 6.51. The molecule has 2 aliphatic heterocycles. The zero-order valence-electron chi connectivity index (χ0n) is 22.7. The molecule has 0 unspecified atom stereocenters. The molecule has 0 saturated carbocycles. The quantitative estimate of drug-likeness (QED) is 0.545. The highest BCUT2D eigenvalue weighted by Gasteiger charge is 2.24. The van der Waals surface area contributed by atoms with Crippen molar-refractivity contribution in [2.24, 2.45) is 0 Å². The molecule has 2 fully saturated rings. The third-order valence-electron chi connectivity index (χ3n) is 7.72. The predicted molar refractivity (Wildman–Crippen MR) is 152 cm³/mol. The lowest BCUT2D eigenvalue weighted by atomic mass is 10.1. The topological polar surface area (TPSA) is 75.8 Å². The van der Waals surface area contributed by atoms with Crippen LogP contribution in [0.1, 0.15) is 39.7 Å². The van der Waals surface area contributed by atoms with Gasteiger partial charge in [0.15, 0.2) is 0 Å². The maximum Gasteiger partial charge on any atom is 0.253 e. The van der Waals surface area contributed by atoms with E-state index >= 15 is 0 Å². The minimum Gasteiger partial charge on any atom is -0.369 e. The number of nitrogens with one attached hydrogen (secondary N) is 1. The van der Waals surface area contributed by atoms with Gasteiger partial charge in [0.05, 0.1) is 5.69 Å². The number of aryl methyl sites for hydroxylation is 3. The molecule has 2 aliphatic rings. The number of H-pyrrole nitrogens is 1. The summed E-state index contributed by atoms with van der Waals surface area (Å²) in [6, 6.07) is 16.1. The number of carbonyl (C=O) groups is 1. The Morgan fingerprint density at radius 3 is 2.24 bits per heavy atom. The normalized spacial score (nSPS) is 16.7. The SMILES string of the molecule is CCc1ccc(C(=O)N2CCN(c3nc(CN4CCN(c5cc(C)ccc5C)CC4)cc(=O)[nH]3)CC2)cc1. The van der Waals surface area contributed by atoms with Crippen molar-refractivity contribution in [1.82, 2.24) is 19.8 Å². The molecule has 38 heavy (non-hydrogen) atoms. The summed E-state index contributed by atoms with van der Waals surface area (Å²) in [7, 11) is 0. The Balaban J connectivity index is 1.17. The number of hydrogen-bond acceptors (Lipinski definition) is 6. The first kappa shape index (κ1) is 26.0. The fourth-order valence-corrected chi connectivity index (χ4v) is 5.35. The molecule has 3 aromatic rings. The predicted octanol–water partition coefficient (Wildman–Crippen LogP) is 3.23. The summed E-state index contributed by atoms with van der Waals surface area (Å²) in [5.74, 6) is 0.656. The fraction of sp³-hybridized carbons (Fsp3) is 0.433. The maximum atomic E-state index is 12.9. The number of aromatic nitrogens is 2. The summed E-state index contributed by atoms with van der Waals surface area (Å²) >= 11 is 0. The molecule has 0 aliphatic carbocycles. The first-order valence-corrected chi connectivity index (χ1v) is 13.7.